The second-order valence-corrected chi connectivity index (χ2v) is 3.61. The summed E-state index contributed by atoms with van der Waals surface area (Å²) in [5.41, 5.74) is 0. The molecule has 1 N–H and O–H groups in total. The van der Waals surface area contributed by atoms with Gasteiger partial charge in [-0.25, -0.2) is 4.98 Å². The summed E-state index contributed by atoms with van der Waals surface area (Å²) in [7, 11) is 0. The second kappa shape index (κ2) is 7.84. The van der Waals surface area contributed by atoms with Crippen molar-refractivity contribution in [2.45, 2.75) is 27.2 Å². The van der Waals surface area contributed by atoms with Crippen LogP contribution in [-0.4, -0.2) is 36.3 Å². The Hall–Kier alpha value is -1.36. The van der Waals surface area contributed by atoms with Crippen LogP contribution in [0, 0.1) is 6.92 Å². The van der Waals surface area contributed by atoms with Crippen LogP contribution in [0.15, 0.2) is 6.07 Å². The number of aromatic nitrogens is 2. The smallest absolute Gasteiger partial charge is 0.218 e. The lowest BCUT2D eigenvalue weighted by Crippen LogP contribution is -2.09. The van der Waals surface area contributed by atoms with Crippen LogP contribution in [-0.2, 0) is 4.74 Å². The highest BCUT2D eigenvalue weighted by Gasteiger charge is 2.02. The first-order valence-corrected chi connectivity index (χ1v) is 6.06. The zero-order valence-corrected chi connectivity index (χ0v) is 10.8. The van der Waals surface area contributed by atoms with Crippen LogP contribution in [0.3, 0.4) is 0 Å². The molecule has 0 fully saturated rings. The van der Waals surface area contributed by atoms with Gasteiger partial charge in [0.2, 0.25) is 5.88 Å². The standard InChI is InChI=1S/C12H21N3O2/c1-4-6-13-11-9-12(15-10(3)14-11)17-8-7-16-5-2/h9H,4-8H2,1-3H3,(H,13,14,15). The van der Waals surface area contributed by atoms with Crippen molar-refractivity contribution in [2.75, 3.05) is 31.7 Å². The van der Waals surface area contributed by atoms with Gasteiger partial charge in [0.15, 0.2) is 0 Å². The molecule has 0 spiro atoms. The van der Waals surface area contributed by atoms with Crippen molar-refractivity contribution >= 4 is 5.82 Å². The molecule has 5 nitrogen and oxygen atoms in total. The third kappa shape index (κ3) is 5.49. The van der Waals surface area contributed by atoms with Crippen LogP contribution < -0.4 is 10.1 Å². The van der Waals surface area contributed by atoms with Crippen LogP contribution in [0.5, 0.6) is 5.88 Å². The average molecular weight is 239 g/mol. The van der Waals surface area contributed by atoms with Gasteiger partial charge in [0, 0.05) is 19.2 Å². The first-order valence-electron chi connectivity index (χ1n) is 6.06. The van der Waals surface area contributed by atoms with Crippen molar-refractivity contribution in [3.8, 4) is 5.88 Å². The van der Waals surface area contributed by atoms with Crippen molar-refractivity contribution in [2.24, 2.45) is 0 Å². The van der Waals surface area contributed by atoms with Gasteiger partial charge in [0.05, 0.1) is 6.61 Å². The van der Waals surface area contributed by atoms with Crippen LogP contribution in [0.25, 0.3) is 0 Å². The number of aryl methyl sites for hydroxylation is 1. The minimum absolute atomic E-state index is 0.511. The fraction of sp³-hybridized carbons (Fsp3) is 0.667. The topological polar surface area (TPSA) is 56.3 Å². The third-order valence-electron chi connectivity index (χ3n) is 2.05. The second-order valence-electron chi connectivity index (χ2n) is 3.61. The number of hydrogen-bond acceptors (Lipinski definition) is 5. The molecule has 17 heavy (non-hydrogen) atoms. The lowest BCUT2D eigenvalue weighted by Gasteiger charge is -2.09. The van der Waals surface area contributed by atoms with E-state index in [-0.39, 0.29) is 0 Å². The Balaban J connectivity index is 2.50. The molecule has 96 valence electrons. The zero-order valence-electron chi connectivity index (χ0n) is 10.8. The number of hydrogen-bond donors (Lipinski definition) is 1. The van der Waals surface area contributed by atoms with Crippen LogP contribution in [0.2, 0.25) is 0 Å². The number of nitrogens with one attached hydrogen (secondary N) is 1. The molecule has 0 atom stereocenters. The summed E-state index contributed by atoms with van der Waals surface area (Å²) in [6.07, 6.45) is 1.06. The van der Waals surface area contributed by atoms with E-state index in [1.165, 1.54) is 0 Å². The third-order valence-corrected chi connectivity index (χ3v) is 2.05. The largest absolute Gasteiger partial charge is 0.475 e. The van der Waals surface area contributed by atoms with E-state index in [2.05, 4.69) is 22.2 Å². The minimum atomic E-state index is 0.511. The minimum Gasteiger partial charge on any atom is -0.475 e. The molecule has 5 heteroatoms. The molecule has 0 aliphatic rings. The molecule has 0 aliphatic carbocycles. The van der Waals surface area contributed by atoms with Crippen molar-refractivity contribution in [3.63, 3.8) is 0 Å². The molecule has 0 bridgehead atoms. The van der Waals surface area contributed by atoms with E-state index in [9.17, 15) is 0 Å². The van der Waals surface area contributed by atoms with Crippen molar-refractivity contribution in [3.05, 3.63) is 11.9 Å². The summed E-state index contributed by atoms with van der Waals surface area (Å²) in [4.78, 5) is 8.49. The molecule has 1 aromatic heterocycles. The Morgan fingerprint density at radius 1 is 1.24 bits per heavy atom. The van der Waals surface area contributed by atoms with E-state index in [0.29, 0.717) is 31.5 Å². The Bertz CT molecular complexity index is 332. The molecular formula is C12H21N3O2. The van der Waals surface area contributed by atoms with E-state index in [1.807, 2.05) is 19.9 Å². The summed E-state index contributed by atoms with van der Waals surface area (Å²) in [5.74, 6) is 2.11. The molecule has 0 amide bonds. The molecule has 1 heterocycles. The molecule has 0 unspecified atom stereocenters. The molecule has 0 aromatic carbocycles. The quantitative estimate of drug-likeness (QED) is 0.703. The maximum absolute atomic E-state index is 5.49. The van der Waals surface area contributed by atoms with Gasteiger partial charge in [-0.1, -0.05) is 6.92 Å². The van der Waals surface area contributed by atoms with Gasteiger partial charge >= 0.3 is 0 Å². The van der Waals surface area contributed by atoms with Crippen LogP contribution >= 0.6 is 0 Å². The van der Waals surface area contributed by atoms with Gasteiger partial charge in [-0.2, -0.15) is 4.98 Å². The van der Waals surface area contributed by atoms with Crippen molar-refractivity contribution in [1.29, 1.82) is 0 Å². The Labute approximate surface area is 103 Å². The van der Waals surface area contributed by atoms with Gasteiger partial charge in [0.1, 0.15) is 18.2 Å². The van der Waals surface area contributed by atoms with Gasteiger partial charge < -0.3 is 14.8 Å². The highest BCUT2D eigenvalue weighted by molar-refractivity contribution is 5.38. The Morgan fingerprint density at radius 3 is 2.76 bits per heavy atom. The SMILES string of the molecule is CCCNc1cc(OCCOCC)nc(C)n1. The van der Waals surface area contributed by atoms with E-state index < -0.39 is 0 Å². The normalized spacial score (nSPS) is 10.3. The monoisotopic (exact) mass is 239 g/mol. The predicted octanol–water partition coefficient (Wildman–Crippen LogP) is 2.02. The highest BCUT2D eigenvalue weighted by atomic mass is 16.5. The maximum Gasteiger partial charge on any atom is 0.218 e. The number of nitrogens with zero attached hydrogens (tertiary/aromatic N) is 2. The lowest BCUT2D eigenvalue weighted by molar-refractivity contribution is 0.108. The Morgan fingerprint density at radius 2 is 2.06 bits per heavy atom. The fourth-order valence-electron chi connectivity index (χ4n) is 1.31. The molecule has 0 saturated heterocycles. The summed E-state index contributed by atoms with van der Waals surface area (Å²) in [6.45, 7) is 8.62. The van der Waals surface area contributed by atoms with E-state index in [4.69, 9.17) is 9.47 Å². The summed E-state index contributed by atoms with van der Waals surface area (Å²) in [6, 6.07) is 1.81. The first kappa shape index (κ1) is 13.7. The maximum atomic E-state index is 5.49. The molecule has 0 aliphatic heterocycles. The predicted molar refractivity (Wildman–Crippen MR) is 67.5 cm³/mol. The first-order chi connectivity index (χ1) is 8.26. The van der Waals surface area contributed by atoms with Gasteiger partial charge in [-0.3, -0.25) is 0 Å². The van der Waals surface area contributed by atoms with Gasteiger partial charge in [0.25, 0.3) is 0 Å². The van der Waals surface area contributed by atoms with Gasteiger partial charge in [-0.05, 0) is 20.3 Å². The van der Waals surface area contributed by atoms with Gasteiger partial charge in [-0.15, -0.1) is 0 Å². The highest BCUT2D eigenvalue weighted by Crippen LogP contribution is 2.13. The summed E-state index contributed by atoms with van der Waals surface area (Å²) in [5, 5.41) is 3.21. The van der Waals surface area contributed by atoms with E-state index >= 15 is 0 Å². The average Bonchev–Trinajstić information content (AvgIpc) is 2.31. The van der Waals surface area contributed by atoms with Crippen molar-refractivity contribution < 1.29 is 9.47 Å². The fourth-order valence-corrected chi connectivity index (χ4v) is 1.31. The molecule has 1 aromatic rings. The van der Waals surface area contributed by atoms with E-state index in [1.54, 1.807) is 0 Å². The van der Waals surface area contributed by atoms with Crippen molar-refractivity contribution in [1.82, 2.24) is 9.97 Å². The number of ether oxygens (including phenoxy) is 2. The lowest BCUT2D eigenvalue weighted by atomic mass is 10.4. The zero-order chi connectivity index (χ0) is 12.5. The summed E-state index contributed by atoms with van der Waals surface area (Å²) < 4.78 is 10.7. The van der Waals surface area contributed by atoms with E-state index in [0.717, 1.165) is 18.8 Å². The molecule has 0 radical (unpaired) electrons. The number of rotatable bonds is 8. The molecular weight excluding hydrogens is 218 g/mol. The van der Waals surface area contributed by atoms with Crippen LogP contribution in [0.1, 0.15) is 26.1 Å². The summed E-state index contributed by atoms with van der Waals surface area (Å²) >= 11 is 0. The number of anilines is 1. The Kier molecular flexibility index (Phi) is 6.32. The molecule has 1 rings (SSSR count). The van der Waals surface area contributed by atoms with Crippen LogP contribution in [0.4, 0.5) is 5.82 Å². The molecule has 0 saturated carbocycles.